The van der Waals surface area contributed by atoms with E-state index >= 15 is 0 Å². The number of hydrogen-bond acceptors (Lipinski definition) is 5. The highest BCUT2D eigenvalue weighted by Gasteiger charge is 2.38. The monoisotopic (exact) mass is 321 g/mol. The van der Waals surface area contributed by atoms with E-state index in [1.165, 1.54) is 0 Å². The fourth-order valence-corrected chi connectivity index (χ4v) is 1.89. The van der Waals surface area contributed by atoms with Crippen LogP contribution in [0, 0.1) is 5.92 Å². The van der Waals surface area contributed by atoms with Gasteiger partial charge in [0.05, 0.1) is 12.0 Å². The van der Waals surface area contributed by atoms with Crippen LogP contribution in [0.1, 0.15) is 13.8 Å². The molecule has 0 saturated heterocycles. The molecule has 7 nitrogen and oxygen atoms in total. The van der Waals surface area contributed by atoms with Gasteiger partial charge in [0.15, 0.2) is 0 Å². The van der Waals surface area contributed by atoms with E-state index in [4.69, 9.17) is 23.2 Å². The van der Waals surface area contributed by atoms with Crippen LogP contribution in [0.3, 0.4) is 0 Å². The van der Waals surface area contributed by atoms with Gasteiger partial charge in [-0.3, -0.25) is 19.3 Å². The van der Waals surface area contributed by atoms with E-state index in [0.29, 0.717) is 4.90 Å². The lowest BCUT2D eigenvalue weighted by Gasteiger charge is -2.24. The number of carbonyl (C=O) groups is 4. The van der Waals surface area contributed by atoms with Crippen molar-refractivity contribution in [1.29, 1.82) is 0 Å². The van der Waals surface area contributed by atoms with Gasteiger partial charge in [0.1, 0.15) is 16.6 Å². The van der Waals surface area contributed by atoms with Crippen LogP contribution in [0.15, 0.2) is 10.1 Å². The molecule has 1 heterocycles. The predicted octanol–water partition coefficient (Wildman–Crippen LogP) is -1.06. The fourth-order valence-electron chi connectivity index (χ4n) is 1.52. The Bertz CT molecular complexity index is 491. The van der Waals surface area contributed by atoms with Crippen molar-refractivity contribution in [3.05, 3.63) is 10.1 Å². The van der Waals surface area contributed by atoms with E-state index in [2.05, 4.69) is 5.32 Å². The molecule has 1 atom stereocenters. The number of hydrogen-bond donors (Lipinski definition) is 1. The summed E-state index contributed by atoms with van der Waals surface area (Å²) in [5.74, 6) is -4.50. The maximum Gasteiger partial charge on any atom is 0.274 e. The molecule has 0 aliphatic carbocycles. The lowest BCUT2D eigenvalue weighted by molar-refractivity contribution is -0.309. The molecule has 0 fully saturated rings. The number of aliphatic carboxylic acids is 1. The van der Waals surface area contributed by atoms with E-state index < -0.39 is 52.3 Å². The normalized spacial score (nSPS) is 16.9. The number of nitrogens with zero attached hydrogens (tertiary/aromatic N) is 1. The standard InChI is InChI=1S/C11H12Cl2N2O5/c1-4(2)8(11(19)20)14-5(16)3-15-9(17)6(12)7(13)10(15)18/h4,8H,3H2,1-2H3,(H,14,16)(H,19,20)/p-1/t8-/m0/s1. The first-order chi connectivity index (χ1) is 9.16. The van der Waals surface area contributed by atoms with Gasteiger partial charge in [-0.1, -0.05) is 37.0 Å². The number of rotatable bonds is 5. The first kappa shape index (κ1) is 16.5. The first-order valence-electron chi connectivity index (χ1n) is 5.58. The van der Waals surface area contributed by atoms with Crippen molar-refractivity contribution in [2.45, 2.75) is 19.9 Å². The largest absolute Gasteiger partial charge is 0.548 e. The minimum Gasteiger partial charge on any atom is -0.548 e. The molecule has 3 amide bonds. The summed E-state index contributed by atoms with van der Waals surface area (Å²) >= 11 is 11.0. The molecule has 20 heavy (non-hydrogen) atoms. The molecular weight excluding hydrogens is 311 g/mol. The quantitative estimate of drug-likeness (QED) is 0.649. The van der Waals surface area contributed by atoms with Crippen LogP contribution in [-0.2, 0) is 19.2 Å². The SMILES string of the molecule is CC(C)[C@H](NC(=O)CN1C(=O)C(Cl)=C(Cl)C1=O)C(=O)[O-]. The first-order valence-corrected chi connectivity index (χ1v) is 6.34. The van der Waals surface area contributed by atoms with Crippen LogP contribution in [-0.4, -0.2) is 41.2 Å². The Morgan fingerprint density at radius 2 is 1.65 bits per heavy atom. The van der Waals surface area contributed by atoms with Gasteiger partial charge < -0.3 is 15.2 Å². The van der Waals surface area contributed by atoms with Crippen molar-refractivity contribution in [3.8, 4) is 0 Å². The molecule has 110 valence electrons. The zero-order chi connectivity index (χ0) is 15.6. The molecule has 0 aromatic heterocycles. The smallest absolute Gasteiger partial charge is 0.274 e. The molecule has 0 spiro atoms. The number of carbonyl (C=O) groups excluding carboxylic acids is 4. The lowest BCUT2D eigenvalue weighted by atomic mass is 10.0. The molecule has 1 rings (SSSR count). The van der Waals surface area contributed by atoms with Crippen molar-refractivity contribution < 1.29 is 24.3 Å². The highest BCUT2D eigenvalue weighted by Crippen LogP contribution is 2.26. The maximum atomic E-state index is 11.7. The molecule has 1 aliphatic heterocycles. The summed E-state index contributed by atoms with van der Waals surface area (Å²) in [6, 6.07) is -1.23. The van der Waals surface area contributed by atoms with E-state index in [1.54, 1.807) is 13.8 Å². The van der Waals surface area contributed by atoms with Gasteiger partial charge in [-0.15, -0.1) is 0 Å². The molecule has 1 N–H and O–H groups in total. The number of halogens is 2. The van der Waals surface area contributed by atoms with Gasteiger partial charge in [-0.05, 0) is 5.92 Å². The van der Waals surface area contributed by atoms with Crippen LogP contribution >= 0.6 is 23.2 Å². The summed E-state index contributed by atoms with van der Waals surface area (Å²) in [7, 11) is 0. The lowest BCUT2D eigenvalue weighted by Crippen LogP contribution is -2.53. The average molecular weight is 322 g/mol. The average Bonchev–Trinajstić information content (AvgIpc) is 2.53. The van der Waals surface area contributed by atoms with Crippen LogP contribution in [0.25, 0.3) is 0 Å². The van der Waals surface area contributed by atoms with Crippen LogP contribution < -0.4 is 10.4 Å². The second kappa shape index (κ2) is 6.23. The Labute approximate surface area is 124 Å². The van der Waals surface area contributed by atoms with Gasteiger partial charge >= 0.3 is 0 Å². The topological polar surface area (TPSA) is 107 Å². The van der Waals surface area contributed by atoms with Crippen molar-refractivity contribution in [3.63, 3.8) is 0 Å². The van der Waals surface area contributed by atoms with Gasteiger partial charge in [-0.25, -0.2) is 0 Å². The zero-order valence-electron chi connectivity index (χ0n) is 10.6. The van der Waals surface area contributed by atoms with E-state index in [0.717, 1.165) is 0 Å². The van der Waals surface area contributed by atoms with Gasteiger partial charge in [0.25, 0.3) is 11.8 Å². The van der Waals surface area contributed by atoms with Crippen molar-refractivity contribution in [2.75, 3.05) is 6.54 Å². The number of carboxylic acids is 1. The summed E-state index contributed by atoms with van der Waals surface area (Å²) in [6.07, 6.45) is 0. The number of carboxylic acid groups (broad SMARTS) is 1. The second-order valence-electron chi connectivity index (χ2n) is 4.43. The van der Waals surface area contributed by atoms with Gasteiger partial charge in [-0.2, -0.15) is 0 Å². The molecular formula is C11H11Cl2N2O5-. The summed E-state index contributed by atoms with van der Waals surface area (Å²) in [6.45, 7) is 2.48. The van der Waals surface area contributed by atoms with Crippen LogP contribution in [0.2, 0.25) is 0 Å². The van der Waals surface area contributed by atoms with Gasteiger partial charge in [0.2, 0.25) is 5.91 Å². The molecule has 0 aromatic rings. The van der Waals surface area contributed by atoms with Crippen molar-refractivity contribution >= 4 is 46.9 Å². The number of amides is 3. The summed E-state index contributed by atoms with van der Waals surface area (Å²) < 4.78 is 0. The van der Waals surface area contributed by atoms with Crippen molar-refractivity contribution in [1.82, 2.24) is 10.2 Å². The van der Waals surface area contributed by atoms with Gasteiger partial charge in [0, 0.05) is 0 Å². The Kier molecular flexibility index (Phi) is 5.13. The highest BCUT2D eigenvalue weighted by molar-refractivity contribution is 6.58. The molecule has 0 bridgehead atoms. The maximum absolute atomic E-state index is 11.7. The third-order valence-electron chi connectivity index (χ3n) is 2.60. The minimum absolute atomic E-state index is 0.417. The predicted molar refractivity (Wildman–Crippen MR) is 67.2 cm³/mol. The van der Waals surface area contributed by atoms with Crippen LogP contribution in [0.4, 0.5) is 0 Å². The summed E-state index contributed by atoms with van der Waals surface area (Å²) in [5, 5.41) is 12.0. The second-order valence-corrected chi connectivity index (χ2v) is 5.19. The van der Waals surface area contributed by atoms with E-state index in [9.17, 15) is 24.3 Å². The Balaban J connectivity index is 2.72. The molecule has 0 aromatic carbocycles. The molecule has 9 heteroatoms. The number of imide groups is 1. The third kappa shape index (κ3) is 3.29. The van der Waals surface area contributed by atoms with Crippen LogP contribution in [0.5, 0.6) is 0 Å². The Hall–Kier alpha value is -1.60. The zero-order valence-corrected chi connectivity index (χ0v) is 12.1. The molecule has 0 saturated carbocycles. The number of nitrogens with one attached hydrogen (secondary N) is 1. The van der Waals surface area contributed by atoms with E-state index in [-0.39, 0.29) is 0 Å². The molecule has 0 radical (unpaired) electrons. The summed E-state index contributed by atoms with van der Waals surface area (Å²) in [5.41, 5.74) is 0. The Morgan fingerprint density at radius 1 is 1.20 bits per heavy atom. The van der Waals surface area contributed by atoms with E-state index in [1.807, 2.05) is 0 Å². The minimum atomic E-state index is -1.46. The molecule has 0 unspecified atom stereocenters. The summed E-state index contributed by atoms with van der Waals surface area (Å²) in [4.78, 5) is 46.1. The Morgan fingerprint density at radius 3 is 2.00 bits per heavy atom. The third-order valence-corrected chi connectivity index (χ3v) is 3.40. The molecule has 1 aliphatic rings. The van der Waals surface area contributed by atoms with Crippen molar-refractivity contribution in [2.24, 2.45) is 5.92 Å². The highest BCUT2D eigenvalue weighted by atomic mass is 35.5. The fraction of sp³-hybridized carbons (Fsp3) is 0.455.